The molecule has 0 fully saturated rings. The summed E-state index contributed by atoms with van der Waals surface area (Å²) in [7, 11) is 2.54. The Balaban J connectivity index is 4.66. The van der Waals surface area contributed by atoms with Gasteiger partial charge in [0.1, 0.15) is 0 Å². The highest BCUT2D eigenvalue weighted by Crippen LogP contribution is 2.23. The van der Waals surface area contributed by atoms with Crippen molar-refractivity contribution < 1.29 is 19.1 Å². The van der Waals surface area contributed by atoms with E-state index in [1.807, 2.05) is 0 Å². The van der Waals surface area contributed by atoms with E-state index in [2.05, 4.69) is 23.0 Å². The van der Waals surface area contributed by atoms with Crippen molar-refractivity contribution in [3.8, 4) is 0 Å². The summed E-state index contributed by atoms with van der Waals surface area (Å²) < 4.78 is 9.27. The SMILES string of the molecule is C=CC(CCCCC)C(C(=O)OC)C(=O)OC. The fourth-order valence-electron chi connectivity index (χ4n) is 1.75. The van der Waals surface area contributed by atoms with Gasteiger partial charge in [0.05, 0.1) is 14.2 Å². The molecule has 1 unspecified atom stereocenters. The molecular formula is C13H22O4. The first kappa shape index (κ1) is 15.7. The zero-order valence-corrected chi connectivity index (χ0v) is 10.9. The molecule has 17 heavy (non-hydrogen) atoms. The van der Waals surface area contributed by atoms with Gasteiger partial charge in [-0.05, 0) is 6.42 Å². The lowest BCUT2D eigenvalue weighted by molar-refractivity contribution is -0.160. The summed E-state index contributed by atoms with van der Waals surface area (Å²) in [6.07, 6.45) is 5.49. The molecule has 0 aromatic rings. The van der Waals surface area contributed by atoms with Crippen molar-refractivity contribution in [2.75, 3.05) is 14.2 Å². The highest BCUT2D eigenvalue weighted by Gasteiger charge is 2.34. The lowest BCUT2D eigenvalue weighted by atomic mass is 9.87. The van der Waals surface area contributed by atoms with E-state index in [4.69, 9.17) is 0 Å². The number of methoxy groups -OCH3 is 2. The number of carbonyl (C=O) groups excluding carboxylic acids is 2. The molecule has 0 aromatic carbocycles. The maximum Gasteiger partial charge on any atom is 0.320 e. The number of unbranched alkanes of at least 4 members (excludes halogenated alkanes) is 2. The molecule has 0 N–H and O–H groups in total. The van der Waals surface area contributed by atoms with Crippen LogP contribution < -0.4 is 0 Å². The molecule has 0 amide bonds. The highest BCUT2D eigenvalue weighted by atomic mass is 16.5. The molecule has 0 heterocycles. The minimum absolute atomic E-state index is 0.221. The van der Waals surface area contributed by atoms with Gasteiger partial charge in [0.15, 0.2) is 5.92 Å². The Hall–Kier alpha value is -1.32. The molecule has 0 aromatic heterocycles. The van der Waals surface area contributed by atoms with Crippen LogP contribution in [0.1, 0.15) is 32.6 Å². The molecule has 0 bridgehead atoms. The molecule has 0 aliphatic carbocycles. The lowest BCUT2D eigenvalue weighted by Crippen LogP contribution is -2.32. The van der Waals surface area contributed by atoms with Gasteiger partial charge in [0, 0.05) is 5.92 Å². The Morgan fingerprint density at radius 1 is 1.18 bits per heavy atom. The third-order valence-electron chi connectivity index (χ3n) is 2.78. The average Bonchev–Trinajstić information content (AvgIpc) is 2.36. The Labute approximate surface area is 103 Å². The van der Waals surface area contributed by atoms with E-state index in [9.17, 15) is 9.59 Å². The standard InChI is InChI=1S/C13H22O4/c1-5-7-8-9-10(6-2)11(12(14)16-3)13(15)17-4/h6,10-11H,2,5,7-9H2,1,3-4H3. The zero-order chi connectivity index (χ0) is 13.3. The largest absolute Gasteiger partial charge is 0.468 e. The highest BCUT2D eigenvalue weighted by molar-refractivity contribution is 5.95. The van der Waals surface area contributed by atoms with Crippen LogP contribution in [0.4, 0.5) is 0 Å². The molecule has 98 valence electrons. The molecule has 1 atom stereocenters. The van der Waals surface area contributed by atoms with Crippen molar-refractivity contribution >= 4 is 11.9 Å². The summed E-state index contributed by atoms with van der Waals surface area (Å²) in [5.41, 5.74) is 0. The van der Waals surface area contributed by atoms with Crippen LogP contribution in [0.2, 0.25) is 0 Å². The van der Waals surface area contributed by atoms with Gasteiger partial charge in [0.2, 0.25) is 0 Å². The minimum Gasteiger partial charge on any atom is -0.468 e. The lowest BCUT2D eigenvalue weighted by Gasteiger charge is -2.20. The van der Waals surface area contributed by atoms with Gasteiger partial charge >= 0.3 is 11.9 Å². The normalized spacial score (nSPS) is 12.0. The van der Waals surface area contributed by atoms with Crippen LogP contribution in [-0.2, 0) is 19.1 Å². The van der Waals surface area contributed by atoms with Gasteiger partial charge in [0.25, 0.3) is 0 Å². The summed E-state index contributed by atoms with van der Waals surface area (Å²) in [4.78, 5) is 23.1. The van der Waals surface area contributed by atoms with Crippen LogP contribution in [0.25, 0.3) is 0 Å². The van der Waals surface area contributed by atoms with E-state index in [0.29, 0.717) is 0 Å². The second kappa shape index (κ2) is 8.79. The van der Waals surface area contributed by atoms with Crippen molar-refractivity contribution in [2.45, 2.75) is 32.6 Å². The number of hydrogen-bond donors (Lipinski definition) is 0. The second-order valence-electron chi connectivity index (χ2n) is 3.92. The molecule has 0 aliphatic rings. The summed E-state index contributed by atoms with van der Waals surface area (Å²) in [5.74, 6) is -2.22. The third-order valence-corrected chi connectivity index (χ3v) is 2.78. The minimum atomic E-state index is -0.889. The Morgan fingerprint density at radius 2 is 1.71 bits per heavy atom. The van der Waals surface area contributed by atoms with Gasteiger partial charge in [-0.15, -0.1) is 6.58 Å². The molecule has 4 heteroatoms. The Bertz CT molecular complexity index is 244. The van der Waals surface area contributed by atoms with Crippen molar-refractivity contribution in [1.29, 1.82) is 0 Å². The van der Waals surface area contributed by atoms with E-state index in [-0.39, 0.29) is 5.92 Å². The van der Waals surface area contributed by atoms with Gasteiger partial charge in [-0.25, -0.2) is 0 Å². The van der Waals surface area contributed by atoms with Crippen LogP contribution in [0.3, 0.4) is 0 Å². The van der Waals surface area contributed by atoms with Crippen molar-refractivity contribution in [3.05, 3.63) is 12.7 Å². The quantitative estimate of drug-likeness (QED) is 0.284. The van der Waals surface area contributed by atoms with E-state index < -0.39 is 17.9 Å². The molecule has 0 spiro atoms. The molecular weight excluding hydrogens is 220 g/mol. The van der Waals surface area contributed by atoms with Crippen molar-refractivity contribution in [3.63, 3.8) is 0 Å². The number of carbonyl (C=O) groups is 2. The smallest absolute Gasteiger partial charge is 0.320 e. The first-order chi connectivity index (χ1) is 8.12. The summed E-state index contributed by atoms with van der Waals surface area (Å²) in [6, 6.07) is 0. The fourth-order valence-corrected chi connectivity index (χ4v) is 1.75. The number of hydrogen-bond acceptors (Lipinski definition) is 4. The first-order valence-corrected chi connectivity index (χ1v) is 5.90. The second-order valence-corrected chi connectivity index (χ2v) is 3.92. The van der Waals surface area contributed by atoms with Gasteiger partial charge in [-0.3, -0.25) is 9.59 Å². The van der Waals surface area contributed by atoms with E-state index >= 15 is 0 Å². The van der Waals surface area contributed by atoms with E-state index in [1.54, 1.807) is 6.08 Å². The monoisotopic (exact) mass is 242 g/mol. The average molecular weight is 242 g/mol. The molecule has 0 aliphatic heterocycles. The number of allylic oxidation sites excluding steroid dienone is 1. The van der Waals surface area contributed by atoms with Crippen LogP contribution >= 0.6 is 0 Å². The van der Waals surface area contributed by atoms with Crippen molar-refractivity contribution in [2.24, 2.45) is 11.8 Å². The number of ether oxygens (including phenoxy) is 2. The molecule has 0 saturated carbocycles. The Morgan fingerprint density at radius 3 is 2.06 bits per heavy atom. The topological polar surface area (TPSA) is 52.6 Å². The fraction of sp³-hybridized carbons (Fsp3) is 0.692. The zero-order valence-electron chi connectivity index (χ0n) is 10.9. The van der Waals surface area contributed by atoms with Gasteiger partial charge in [-0.1, -0.05) is 32.3 Å². The van der Waals surface area contributed by atoms with E-state index in [1.165, 1.54) is 14.2 Å². The third kappa shape index (κ3) is 5.02. The predicted octanol–water partition coefficient (Wildman–Crippen LogP) is 2.33. The number of rotatable bonds is 8. The van der Waals surface area contributed by atoms with Crippen LogP contribution in [0.5, 0.6) is 0 Å². The molecule has 0 radical (unpaired) electrons. The Kier molecular flexibility index (Phi) is 8.11. The summed E-state index contributed by atoms with van der Waals surface area (Å²) in [5, 5.41) is 0. The first-order valence-electron chi connectivity index (χ1n) is 5.90. The van der Waals surface area contributed by atoms with Gasteiger partial charge < -0.3 is 9.47 Å². The molecule has 0 saturated heterocycles. The molecule has 0 rings (SSSR count). The summed E-state index contributed by atoms with van der Waals surface area (Å²) in [6.45, 7) is 5.78. The number of esters is 2. The maximum absolute atomic E-state index is 11.6. The molecule has 4 nitrogen and oxygen atoms in total. The predicted molar refractivity (Wildman–Crippen MR) is 65.4 cm³/mol. The van der Waals surface area contributed by atoms with Crippen LogP contribution in [0.15, 0.2) is 12.7 Å². The maximum atomic E-state index is 11.6. The van der Waals surface area contributed by atoms with Crippen LogP contribution in [0, 0.1) is 11.8 Å². The summed E-state index contributed by atoms with van der Waals surface area (Å²) >= 11 is 0. The van der Waals surface area contributed by atoms with E-state index in [0.717, 1.165) is 25.7 Å². The van der Waals surface area contributed by atoms with Gasteiger partial charge in [-0.2, -0.15) is 0 Å². The van der Waals surface area contributed by atoms with Crippen molar-refractivity contribution in [1.82, 2.24) is 0 Å². The van der Waals surface area contributed by atoms with Crippen LogP contribution in [-0.4, -0.2) is 26.2 Å².